The van der Waals surface area contributed by atoms with E-state index in [1.807, 2.05) is 78.2 Å². The molecular weight excluding hydrogens is 602 g/mol. The number of allylic oxidation sites excluding steroid dienone is 1. The van der Waals surface area contributed by atoms with Crippen molar-refractivity contribution in [2.75, 3.05) is 12.4 Å². The number of anilines is 1. The lowest BCUT2D eigenvalue weighted by molar-refractivity contribution is -0.113. The third-order valence-electron chi connectivity index (χ3n) is 6.89. The van der Waals surface area contributed by atoms with Crippen LogP contribution in [0.25, 0.3) is 6.08 Å². The van der Waals surface area contributed by atoms with E-state index in [4.69, 9.17) is 26.1 Å². The fourth-order valence-corrected chi connectivity index (χ4v) is 7.04. The molecule has 1 aliphatic heterocycles. The van der Waals surface area contributed by atoms with Gasteiger partial charge in [0.2, 0.25) is 0 Å². The molecule has 1 atom stereocenters. The molecule has 7 nitrogen and oxygen atoms in total. The summed E-state index contributed by atoms with van der Waals surface area (Å²) in [5.74, 6) is 0.575. The van der Waals surface area contributed by atoms with Crippen LogP contribution in [0.5, 0.6) is 11.5 Å². The number of rotatable bonds is 8. The number of para-hydroxylation sites is 1. The number of nitrogens with zero attached hydrogens (tertiary/aromatic N) is 2. The van der Waals surface area contributed by atoms with Crippen LogP contribution in [0.4, 0.5) is 5.69 Å². The lowest BCUT2D eigenvalue weighted by atomic mass is 10.0. The quantitative estimate of drug-likeness (QED) is 0.223. The first-order valence-electron chi connectivity index (χ1n) is 13.4. The second-order valence-corrected chi connectivity index (χ2v) is 12.1. The highest BCUT2D eigenvalue weighted by Gasteiger charge is 2.33. The zero-order valence-corrected chi connectivity index (χ0v) is 25.6. The SMILES string of the molecule is COc1cc(/C=c2\sc3n(c2=O)C(c2cccs2)C(C(=O)Nc2ccccc2)=C(C)N=3)cc(Cl)c1OCc1ccccc1. The van der Waals surface area contributed by atoms with Crippen LogP contribution >= 0.6 is 34.3 Å². The normalized spacial score (nSPS) is 14.7. The second-order valence-electron chi connectivity index (χ2n) is 9.73. The number of hydrogen-bond donors (Lipinski definition) is 1. The molecule has 0 saturated heterocycles. The van der Waals surface area contributed by atoms with Crippen LogP contribution in [0, 0.1) is 0 Å². The van der Waals surface area contributed by atoms with Crippen molar-refractivity contribution in [3.8, 4) is 11.5 Å². The Morgan fingerprint density at radius 3 is 2.51 bits per heavy atom. The molecule has 1 N–H and O–H groups in total. The second kappa shape index (κ2) is 12.4. The van der Waals surface area contributed by atoms with Crippen molar-refractivity contribution < 1.29 is 14.3 Å². The summed E-state index contributed by atoms with van der Waals surface area (Å²) in [7, 11) is 1.55. The summed E-state index contributed by atoms with van der Waals surface area (Å²) >= 11 is 9.39. The summed E-state index contributed by atoms with van der Waals surface area (Å²) in [6.45, 7) is 2.13. The smallest absolute Gasteiger partial charge is 0.271 e. The summed E-state index contributed by atoms with van der Waals surface area (Å²) < 4.78 is 13.6. The lowest BCUT2D eigenvalue weighted by Gasteiger charge is -2.24. The highest BCUT2D eigenvalue weighted by Crippen LogP contribution is 2.37. The third-order valence-corrected chi connectivity index (χ3v) is 9.07. The molecule has 0 aliphatic carbocycles. The minimum Gasteiger partial charge on any atom is -0.493 e. The van der Waals surface area contributed by atoms with Gasteiger partial charge in [-0.3, -0.25) is 14.2 Å². The molecule has 3 heterocycles. The van der Waals surface area contributed by atoms with E-state index in [1.54, 1.807) is 36.8 Å². The van der Waals surface area contributed by atoms with Gasteiger partial charge in [-0.05, 0) is 59.8 Å². The number of amides is 1. The van der Waals surface area contributed by atoms with Crippen molar-refractivity contribution in [1.82, 2.24) is 4.57 Å². The van der Waals surface area contributed by atoms with Crippen LogP contribution < -0.4 is 29.7 Å². The van der Waals surface area contributed by atoms with E-state index < -0.39 is 6.04 Å². The van der Waals surface area contributed by atoms with Crippen LogP contribution in [0.2, 0.25) is 5.02 Å². The molecule has 0 fully saturated rings. The van der Waals surface area contributed by atoms with Gasteiger partial charge in [-0.15, -0.1) is 11.3 Å². The monoisotopic (exact) mass is 627 g/mol. The van der Waals surface area contributed by atoms with E-state index >= 15 is 0 Å². The van der Waals surface area contributed by atoms with Crippen LogP contribution in [-0.4, -0.2) is 17.6 Å². The topological polar surface area (TPSA) is 81.9 Å². The molecule has 0 radical (unpaired) electrons. The Kier molecular flexibility index (Phi) is 8.29. The Labute approximate surface area is 260 Å². The molecule has 216 valence electrons. The number of carbonyl (C=O) groups is 1. The Morgan fingerprint density at radius 2 is 1.81 bits per heavy atom. The number of fused-ring (bicyclic) bond motifs is 1. The van der Waals surface area contributed by atoms with E-state index in [0.29, 0.717) is 55.0 Å². The first-order valence-corrected chi connectivity index (χ1v) is 15.5. The molecule has 10 heteroatoms. The number of nitrogens with one attached hydrogen (secondary N) is 1. The van der Waals surface area contributed by atoms with Gasteiger partial charge in [-0.25, -0.2) is 4.99 Å². The number of thiazole rings is 1. The number of carbonyl (C=O) groups excluding carboxylic acids is 1. The predicted molar refractivity (Wildman–Crippen MR) is 172 cm³/mol. The van der Waals surface area contributed by atoms with Crippen molar-refractivity contribution in [2.45, 2.75) is 19.6 Å². The average Bonchev–Trinajstić information content (AvgIpc) is 3.65. The number of methoxy groups -OCH3 is 1. The Morgan fingerprint density at radius 1 is 1.07 bits per heavy atom. The molecule has 3 aromatic carbocycles. The zero-order chi connectivity index (χ0) is 29.9. The van der Waals surface area contributed by atoms with Gasteiger partial charge in [-0.1, -0.05) is 77.5 Å². The van der Waals surface area contributed by atoms with Crippen molar-refractivity contribution in [2.24, 2.45) is 4.99 Å². The molecule has 6 rings (SSSR count). The van der Waals surface area contributed by atoms with Gasteiger partial charge in [0.1, 0.15) is 12.6 Å². The average molecular weight is 628 g/mol. The lowest BCUT2D eigenvalue weighted by Crippen LogP contribution is -2.40. The number of benzene rings is 3. The number of thiophene rings is 1. The van der Waals surface area contributed by atoms with Crippen LogP contribution in [0.1, 0.15) is 29.0 Å². The maximum Gasteiger partial charge on any atom is 0.271 e. The van der Waals surface area contributed by atoms with Crippen molar-refractivity contribution in [3.05, 3.63) is 142 Å². The summed E-state index contributed by atoms with van der Waals surface area (Å²) in [4.78, 5) is 33.7. The molecule has 43 heavy (non-hydrogen) atoms. The fourth-order valence-electron chi connectivity index (χ4n) is 4.89. The third kappa shape index (κ3) is 5.92. The maximum atomic E-state index is 14.0. The van der Waals surface area contributed by atoms with Gasteiger partial charge >= 0.3 is 0 Å². The Balaban J connectivity index is 1.38. The fraction of sp³-hybridized carbons (Fsp3) is 0.121. The van der Waals surface area contributed by atoms with Crippen LogP contribution in [0.15, 0.2) is 111 Å². The zero-order valence-electron chi connectivity index (χ0n) is 23.2. The minimum atomic E-state index is -0.617. The highest BCUT2D eigenvalue weighted by atomic mass is 35.5. The van der Waals surface area contributed by atoms with E-state index in [-0.39, 0.29) is 11.5 Å². The Hall–Kier alpha value is -4.44. The maximum absolute atomic E-state index is 14.0. The van der Waals surface area contributed by atoms with Gasteiger partial charge in [0.25, 0.3) is 11.5 Å². The van der Waals surface area contributed by atoms with Crippen LogP contribution in [-0.2, 0) is 11.4 Å². The molecule has 5 aromatic rings. The van der Waals surface area contributed by atoms with Crippen molar-refractivity contribution in [1.29, 1.82) is 0 Å². The first-order chi connectivity index (χ1) is 20.9. The van der Waals surface area contributed by atoms with E-state index in [9.17, 15) is 9.59 Å². The number of halogens is 1. The number of ether oxygens (including phenoxy) is 2. The minimum absolute atomic E-state index is 0.251. The Bertz CT molecular complexity index is 2000. The summed E-state index contributed by atoms with van der Waals surface area (Å²) in [6.07, 6.45) is 1.76. The van der Waals surface area contributed by atoms with E-state index in [1.165, 1.54) is 22.7 Å². The molecule has 0 spiro atoms. The number of hydrogen-bond acceptors (Lipinski definition) is 7. The van der Waals surface area contributed by atoms with Gasteiger partial charge in [0, 0.05) is 10.6 Å². The largest absolute Gasteiger partial charge is 0.493 e. The van der Waals surface area contributed by atoms with E-state index in [0.717, 1.165) is 10.4 Å². The molecule has 0 saturated carbocycles. The van der Waals surface area contributed by atoms with Crippen molar-refractivity contribution >= 4 is 51.9 Å². The first kappa shape index (κ1) is 28.7. The van der Waals surface area contributed by atoms with Gasteiger partial charge in [-0.2, -0.15) is 0 Å². The van der Waals surface area contributed by atoms with Gasteiger partial charge in [0.05, 0.1) is 27.9 Å². The molecule has 0 bridgehead atoms. The molecule has 1 aliphatic rings. The van der Waals surface area contributed by atoms with E-state index in [2.05, 4.69) is 5.32 Å². The molecule has 2 aromatic heterocycles. The molecule has 1 unspecified atom stereocenters. The summed E-state index contributed by atoms with van der Waals surface area (Å²) in [5, 5.41) is 5.26. The van der Waals surface area contributed by atoms with Gasteiger partial charge in [0.15, 0.2) is 16.3 Å². The standard InChI is InChI=1S/C33H26ClN3O4S2/c1-20-28(31(38)36-23-12-7-4-8-13-23)29(26-14-9-15-42-26)37-32(39)27(43-33(37)35-20)18-22-16-24(34)30(25(17-22)40-2)41-19-21-10-5-3-6-11-21/h3-18,29H,19H2,1-2H3,(H,36,38)/b27-18-. The molecular formula is C33H26ClN3O4S2. The predicted octanol–water partition coefficient (Wildman–Crippen LogP) is 6.18. The summed E-state index contributed by atoms with van der Waals surface area (Å²) in [6, 6.07) is 25.7. The van der Waals surface area contributed by atoms with Crippen molar-refractivity contribution in [3.63, 3.8) is 0 Å². The highest BCUT2D eigenvalue weighted by molar-refractivity contribution is 7.10. The summed E-state index contributed by atoms with van der Waals surface area (Å²) in [5.41, 5.74) is 3.07. The number of aromatic nitrogens is 1. The van der Waals surface area contributed by atoms with Gasteiger partial charge < -0.3 is 14.8 Å². The molecule has 1 amide bonds. The van der Waals surface area contributed by atoms with Crippen LogP contribution in [0.3, 0.4) is 0 Å².